The number of aryl methyl sites for hydroxylation is 2. The highest BCUT2D eigenvalue weighted by Gasteiger charge is 2.11. The van der Waals surface area contributed by atoms with Gasteiger partial charge in [-0.05, 0) is 46.5 Å². The molecule has 0 unspecified atom stereocenters. The molecule has 1 aromatic rings. The molecule has 1 aliphatic rings. The van der Waals surface area contributed by atoms with Gasteiger partial charge in [-0.1, -0.05) is 25.7 Å². The van der Waals surface area contributed by atoms with E-state index in [1.54, 1.807) is 11.3 Å². The number of hydrogen-bond donors (Lipinski definition) is 2. The molecule has 1 saturated carbocycles. The van der Waals surface area contributed by atoms with E-state index in [1.807, 2.05) is 0 Å². The predicted molar refractivity (Wildman–Crippen MR) is 111 cm³/mol. The van der Waals surface area contributed by atoms with E-state index >= 15 is 0 Å². The maximum absolute atomic E-state index is 6.06. The molecule has 1 fully saturated rings. The van der Waals surface area contributed by atoms with Crippen molar-refractivity contribution in [3.8, 4) is 0 Å². The standard InChI is InChI=1S/C20H36N4OS/c1-4-21-20(23-15-19-24-16(2)17(3)26-19)22-13-9-10-14-25-18-11-7-5-6-8-12-18/h18H,4-15H2,1-3H3,(H2,21,22,23). The Morgan fingerprint density at radius 2 is 1.92 bits per heavy atom. The molecule has 0 spiro atoms. The van der Waals surface area contributed by atoms with Crippen LogP contribution >= 0.6 is 11.3 Å². The van der Waals surface area contributed by atoms with Crippen LogP contribution in [0, 0.1) is 13.8 Å². The number of thiazole rings is 1. The molecule has 0 aromatic carbocycles. The second-order valence-electron chi connectivity index (χ2n) is 7.06. The van der Waals surface area contributed by atoms with E-state index in [0.29, 0.717) is 12.6 Å². The van der Waals surface area contributed by atoms with Crippen LogP contribution in [0.5, 0.6) is 0 Å². The van der Waals surface area contributed by atoms with Crippen LogP contribution in [0.15, 0.2) is 4.99 Å². The Morgan fingerprint density at radius 1 is 1.15 bits per heavy atom. The zero-order valence-electron chi connectivity index (χ0n) is 16.8. The molecule has 0 atom stereocenters. The first-order valence-corrected chi connectivity index (χ1v) is 11.1. The van der Waals surface area contributed by atoms with Crippen molar-refractivity contribution in [3.63, 3.8) is 0 Å². The molecule has 1 aromatic heterocycles. The van der Waals surface area contributed by atoms with Gasteiger partial charge in [-0.2, -0.15) is 0 Å². The molecule has 5 nitrogen and oxygen atoms in total. The average Bonchev–Trinajstić information content (AvgIpc) is 2.81. The lowest BCUT2D eigenvalue weighted by atomic mass is 10.1. The lowest BCUT2D eigenvalue weighted by Crippen LogP contribution is -2.37. The molecule has 1 aliphatic carbocycles. The summed E-state index contributed by atoms with van der Waals surface area (Å²) in [6.45, 7) is 9.58. The highest BCUT2D eigenvalue weighted by molar-refractivity contribution is 7.11. The Morgan fingerprint density at radius 3 is 2.58 bits per heavy atom. The van der Waals surface area contributed by atoms with E-state index < -0.39 is 0 Å². The number of hydrogen-bond acceptors (Lipinski definition) is 4. The summed E-state index contributed by atoms with van der Waals surface area (Å²) in [6, 6.07) is 0. The molecule has 26 heavy (non-hydrogen) atoms. The SMILES string of the molecule is CCNC(=NCc1nc(C)c(C)s1)NCCCCOC1CCCCCC1. The van der Waals surface area contributed by atoms with Crippen molar-refractivity contribution < 1.29 is 4.74 Å². The number of nitrogens with zero attached hydrogens (tertiary/aromatic N) is 2. The largest absolute Gasteiger partial charge is 0.378 e. The Balaban J connectivity index is 1.62. The van der Waals surface area contributed by atoms with Gasteiger partial charge in [-0.25, -0.2) is 9.98 Å². The molecule has 6 heteroatoms. The third kappa shape index (κ3) is 8.04. The normalized spacial score (nSPS) is 16.5. The summed E-state index contributed by atoms with van der Waals surface area (Å²) >= 11 is 1.73. The van der Waals surface area contributed by atoms with Gasteiger partial charge >= 0.3 is 0 Å². The van der Waals surface area contributed by atoms with E-state index in [-0.39, 0.29) is 0 Å². The summed E-state index contributed by atoms with van der Waals surface area (Å²) in [4.78, 5) is 10.5. The minimum absolute atomic E-state index is 0.509. The van der Waals surface area contributed by atoms with Gasteiger partial charge in [0.2, 0.25) is 0 Å². The van der Waals surface area contributed by atoms with Crippen LogP contribution in [0.3, 0.4) is 0 Å². The quantitative estimate of drug-likeness (QED) is 0.290. The van der Waals surface area contributed by atoms with E-state index in [0.717, 1.165) is 49.2 Å². The van der Waals surface area contributed by atoms with Crippen LogP contribution in [0.4, 0.5) is 0 Å². The highest BCUT2D eigenvalue weighted by atomic mass is 32.1. The number of rotatable bonds is 9. The molecule has 1 heterocycles. The number of aromatic nitrogens is 1. The third-order valence-electron chi connectivity index (χ3n) is 4.81. The Hall–Kier alpha value is -1.14. The number of nitrogens with one attached hydrogen (secondary N) is 2. The van der Waals surface area contributed by atoms with Gasteiger partial charge < -0.3 is 15.4 Å². The van der Waals surface area contributed by atoms with Gasteiger partial charge in [0.15, 0.2) is 5.96 Å². The van der Waals surface area contributed by atoms with Crippen molar-refractivity contribution in [2.24, 2.45) is 4.99 Å². The Labute approximate surface area is 163 Å². The highest BCUT2D eigenvalue weighted by Crippen LogP contribution is 2.20. The molecular formula is C20H36N4OS. The lowest BCUT2D eigenvalue weighted by Gasteiger charge is -2.15. The van der Waals surface area contributed by atoms with Gasteiger partial charge in [0.1, 0.15) is 5.01 Å². The van der Waals surface area contributed by atoms with Crippen molar-refractivity contribution in [1.29, 1.82) is 0 Å². The molecule has 0 bridgehead atoms. The van der Waals surface area contributed by atoms with Gasteiger partial charge in [0.25, 0.3) is 0 Å². The first-order valence-electron chi connectivity index (χ1n) is 10.3. The van der Waals surface area contributed by atoms with Crippen LogP contribution in [0.2, 0.25) is 0 Å². The van der Waals surface area contributed by atoms with Gasteiger partial charge in [-0.3, -0.25) is 0 Å². The number of unbranched alkanes of at least 4 members (excludes halogenated alkanes) is 1. The second kappa shape index (κ2) is 12.3. The second-order valence-corrected chi connectivity index (χ2v) is 8.35. The number of aliphatic imine (C=N–C) groups is 1. The molecule has 0 aliphatic heterocycles. The van der Waals surface area contributed by atoms with Gasteiger partial charge in [0, 0.05) is 24.6 Å². The first-order chi connectivity index (χ1) is 12.7. The molecular weight excluding hydrogens is 344 g/mol. The van der Waals surface area contributed by atoms with Crippen LogP contribution < -0.4 is 10.6 Å². The average molecular weight is 381 g/mol. The topological polar surface area (TPSA) is 58.5 Å². The summed E-state index contributed by atoms with van der Waals surface area (Å²) in [6.07, 6.45) is 10.7. The van der Waals surface area contributed by atoms with Gasteiger partial charge in [-0.15, -0.1) is 11.3 Å². The fourth-order valence-electron chi connectivity index (χ4n) is 3.19. The maximum atomic E-state index is 6.06. The van der Waals surface area contributed by atoms with Crippen LogP contribution in [0.1, 0.15) is 73.9 Å². The molecule has 0 amide bonds. The molecule has 2 rings (SSSR count). The van der Waals surface area contributed by atoms with Crippen LogP contribution in [-0.2, 0) is 11.3 Å². The van der Waals surface area contributed by atoms with E-state index in [9.17, 15) is 0 Å². The Kier molecular flexibility index (Phi) is 10.00. The van der Waals surface area contributed by atoms with Gasteiger partial charge in [0.05, 0.1) is 18.3 Å². The van der Waals surface area contributed by atoms with E-state index in [1.165, 1.54) is 43.4 Å². The fourth-order valence-corrected chi connectivity index (χ4v) is 4.05. The third-order valence-corrected chi connectivity index (χ3v) is 5.87. The molecule has 0 saturated heterocycles. The summed E-state index contributed by atoms with van der Waals surface area (Å²) in [5.74, 6) is 0.877. The van der Waals surface area contributed by atoms with Crippen LogP contribution in [-0.4, -0.2) is 36.7 Å². The van der Waals surface area contributed by atoms with Crippen LogP contribution in [0.25, 0.3) is 0 Å². The lowest BCUT2D eigenvalue weighted by molar-refractivity contribution is 0.0411. The minimum atomic E-state index is 0.509. The minimum Gasteiger partial charge on any atom is -0.378 e. The monoisotopic (exact) mass is 380 g/mol. The predicted octanol–water partition coefficient (Wildman–Crippen LogP) is 4.33. The fraction of sp³-hybridized carbons (Fsp3) is 0.800. The zero-order valence-corrected chi connectivity index (χ0v) is 17.6. The smallest absolute Gasteiger partial charge is 0.191 e. The summed E-state index contributed by atoms with van der Waals surface area (Å²) in [5, 5.41) is 7.81. The van der Waals surface area contributed by atoms with E-state index in [4.69, 9.17) is 4.74 Å². The zero-order chi connectivity index (χ0) is 18.6. The summed E-state index contributed by atoms with van der Waals surface area (Å²) in [5.41, 5.74) is 1.12. The Bertz CT molecular complexity index is 516. The maximum Gasteiger partial charge on any atom is 0.191 e. The first kappa shape index (κ1) is 21.2. The summed E-state index contributed by atoms with van der Waals surface area (Å²) in [7, 11) is 0. The van der Waals surface area contributed by atoms with Crippen molar-refractivity contribution in [2.45, 2.75) is 84.8 Å². The van der Waals surface area contributed by atoms with E-state index in [2.05, 4.69) is 41.4 Å². The van der Waals surface area contributed by atoms with Crippen molar-refractivity contribution in [2.75, 3.05) is 19.7 Å². The van der Waals surface area contributed by atoms with Crippen molar-refractivity contribution >= 4 is 17.3 Å². The summed E-state index contributed by atoms with van der Waals surface area (Å²) < 4.78 is 6.06. The molecule has 148 valence electrons. The van der Waals surface area contributed by atoms with Crippen molar-refractivity contribution in [1.82, 2.24) is 15.6 Å². The van der Waals surface area contributed by atoms with Crippen molar-refractivity contribution in [3.05, 3.63) is 15.6 Å². The number of guanidine groups is 1. The number of ether oxygens (including phenoxy) is 1. The molecule has 2 N–H and O–H groups in total. The molecule has 0 radical (unpaired) electrons.